The van der Waals surface area contributed by atoms with Crippen LogP contribution in [0.5, 0.6) is 0 Å². The quantitative estimate of drug-likeness (QED) is 0.459. The summed E-state index contributed by atoms with van der Waals surface area (Å²) in [5, 5.41) is 0.386. The molecular weight excluding hydrogens is 361 g/mol. The molecule has 1 heterocycles. The highest BCUT2D eigenvalue weighted by Gasteiger charge is 2.69. The lowest BCUT2D eigenvalue weighted by Crippen LogP contribution is -2.46. The molecule has 1 aliphatic heterocycles. The van der Waals surface area contributed by atoms with Gasteiger partial charge in [-0.25, -0.2) is 9.18 Å². The van der Waals surface area contributed by atoms with E-state index in [1.165, 1.54) is 23.1 Å². The van der Waals surface area contributed by atoms with Gasteiger partial charge in [0.05, 0.1) is 0 Å². The van der Waals surface area contributed by atoms with Gasteiger partial charge in [-0.3, -0.25) is 9.69 Å². The van der Waals surface area contributed by atoms with Crippen LogP contribution in [-0.2, 0) is 14.9 Å². The van der Waals surface area contributed by atoms with Gasteiger partial charge in [-0.05, 0) is 56.9 Å². The Balaban J connectivity index is 1.98. The lowest BCUT2D eigenvalue weighted by molar-refractivity contribution is -0.120. The van der Waals surface area contributed by atoms with E-state index in [2.05, 4.69) is 4.79 Å². The molecule has 1 aliphatic carbocycles. The third-order valence-corrected chi connectivity index (χ3v) is 5.11. The maximum atomic E-state index is 14.4. The van der Waals surface area contributed by atoms with E-state index in [0.717, 1.165) is 6.21 Å². The molecule has 6 nitrogen and oxygen atoms in total. The van der Waals surface area contributed by atoms with Crippen molar-refractivity contribution in [2.75, 3.05) is 6.54 Å². The number of benzene rings is 1. The van der Waals surface area contributed by atoms with Crippen LogP contribution < -0.4 is 0 Å². The molecule has 1 unspecified atom stereocenters. The maximum Gasteiger partial charge on any atom is 0.410 e. The Kier molecular flexibility index (Phi) is 4.41. The fraction of sp³-hybridized carbons (Fsp3) is 0.500. The number of ketones is 1. The average Bonchev–Trinajstić information content (AvgIpc) is 3.14. The van der Waals surface area contributed by atoms with Gasteiger partial charge in [0.2, 0.25) is 0 Å². The van der Waals surface area contributed by atoms with Crippen molar-refractivity contribution in [3.05, 3.63) is 40.1 Å². The predicted octanol–water partition coefficient (Wildman–Crippen LogP) is 3.23. The smallest absolute Gasteiger partial charge is 0.410 e. The van der Waals surface area contributed by atoms with Crippen molar-refractivity contribution >= 4 is 29.7 Å². The van der Waals surface area contributed by atoms with Crippen LogP contribution in [0.15, 0.2) is 18.2 Å². The Morgan fingerprint density at radius 3 is 2.77 bits per heavy atom. The van der Waals surface area contributed by atoms with Crippen molar-refractivity contribution in [3.8, 4) is 0 Å². The van der Waals surface area contributed by atoms with E-state index < -0.39 is 34.8 Å². The summed E-state index contributed by atoms with van der Waals surface area (Å²) < 4.78 is 19.8. The third-order valence-electron chi connectivity index (χ3n) is 4.87. The number of amides is 1. The second kappa shape index (κ2) is 6.18. The molecule has 1 amide bonds. The minimum absolute atomic E-state index is 0.138. The normalized spacial score (nSPS) is 26.7. The number of fused-ring (bicyclic) bond motifs is 1. The van der Waals surface area contributed by atoms with Crippen LogP contribution in [0, 0.1) is 11.7 Å². The van der Waals surface area contributed by atoms with Gasteiger partial charge >= 0.3 is 12.3 Å². The number of hydrogen-bond donors (Lipinski definition) is 0. The van der Waals surface area contributed by atoms with Gasteiger partial charge in [0, 0.05) is 17.0 Å². The first kappa shape index (κ1) is 18.5. The predicted molar refractivity (Wildman–Crippen MR) is 92.6 cm³/mol. The standard InChI is InChI=1S/C18H19ClFN3O3/c1-17(2,3)26-16(25)23-9-18(11-6-10(19)4-5-13(11)20)7-12(18)15(23)14(24)8-22-21/h4-6,8,12,15H,7,9H2,1-3H3/t12-,15?,18+/m0/s1. The number of rotatable bonds is 3. The Labute approximate surface area is 155 Å². The van der Waals surface area contributed by atoms with Gasteiger partial charge < -0.3 is 10.3 Å². The van der Waals surface area contributed by atoms with Crippen molar-refractivity contribution in [2.24, 2.45) is 5.92 Å². The molecule has 0 radical (unpaired) electrons. The number of likely N-dealkylation sites (tertiary alicyclic amines) is 1. The van der Waals surface area contributed by atoms with Crippen molar-refractivity contribution in [3.63, 3.8) is 0 Å². The van der Waals surface area contributed by atoms with Crippen LogP contribution in [0.25, 0.3) is 5.53 Å². The van der Waals surface area contributed by atoms with Crippen LogP contribution in [0.3, 0.4) is 0 Å². The summed E-state index contributed by atoms with van der Waals surface area (Å²) >= 11 is 6.02. The molecule has 138 valence electrons. The molecule has 1 saturated heterocycles. The Bertz CT molecular complexity index is 831. The molecule has 0 N–H and O–H groups in total. The van der Waals surface area contributed by atoms with E-state index in [0.29, 0.717) is 17.0 Å². The Hall–Kier alpha value is -2.24. The fourth-order valence-electron chi connectivity index (χ4n) is 3.81. The van der Waals surface area contributed by atoms with E-state index >= 15 is 0 Å². The summed E-state index contributed by atoms with van der Waals surface area (Å²) in [4.78, 5) is 29.1. The molecule has 0 spiro atoms. The lowest BCUT2D eigenvalue weighted by Gasteiger charge is -2.29. The first-order chi connectivity index (χ1) is 12.1. The highest BCUT2D eigenvalue weighted by molar-refractivity contribution is 6.30. The zero-order chi connectivity index (χ0) is 19.3. The second-order valence-corrected chi connectivity index (χ2v) is 8.23. The number of Topliss-reactive ketones (excluding diaryl/α,β-unsaturated/α-hetero) is 1. The van der Waals surface area contributed by atoms with Crippen molar-refractivity contribution in [2.45, 2.75) is 44.2 Å². The number of ether oxygens (including phenoxy) is 1. The Morgan fingerprint density at radius 1 is 1.46 bits per heavy atom. The molecular formula is C18H19ClFN3O3. The molecule has 1 aromatic rings. The van der Waals surface area contributed by atoms with Gasteiger partial charge in [-0.1, -0.05) is 11.6 Å². The number of carbonyl (C=O) groups excluding carboxylic acids is 2. The first-order valence-corrected chi connectivity index (χ1v) is 8.63. The molecule has 3 atom stereocenters. The zero-order valence-corrected chi connectivity index (χ0v) is 15.5. The first-order valence-electron chi connectivity index (χ1n) is 8.25. The van der Waals surface area contributed by atoms with E-state index in [-0.39, 0.29) is 12.5 Å². The van der Waals surface area contributed by atoms with Gasteiger partial charge in [0.15, 0.2) is 0 Å². The van der Waals surface area contributed by atoms with E-state index in [1.807, 2.05) is 0 Å². The number of nitrogens with zero attached hydrogens (tertiary/aromatic N) is 3. The number of halogens is 2. The van der Waals surface area contributed by atoms with Gasteiger partial charge in [-0.2, -0.15) is 4.79 Å². The van der Waals surface area contributed by atoms with Crippen LogP contribution in [-0.4, -0.2) is 46.0 Å². The Morgan fingerprint density at radius 2 is 2.15 bits per heavy atom. The summed E-state index contributed by atoms with van der Waals surface area (Å²) in [5.74, 6) is -1.23. The topological polar surface area (TPSA) is 83.0 Å². The molecule has 2 fully saturated rings. The molecule has 8 heteroatoms. The molecule has 1 saturated carbocycles. The molecule has 1 aromatic carbocycles. The van der Waals surface area contributed by atoms with Crippen molar-refractivity contribution in [1.29, 1.82) is 0 Å². The summed E-state index contributed by atoms with van der Waals surface area (Å²) in [6.07, 6.45) is 0.653. The van der Waals surface area contributed by atoms with E-state index in [9.17, 15) is 14.0 Å². The molecule has 26 heavy (non-hydrogen) atoms. The van der Waals surface area contributed by atoms with Crippen LogP contribution >= 0.6 is 11.6 Å². The van der Waals surface area contributed by atoms with E-state index in [1.54, 1.807) is 20.8 Å². The molecule has 0 aromatic heterocycles. The molecule has 2 aliphatic rings. The van der Waals surface area contributed by atoms with Crippen molar-refractivity contribution in [1.82, 2.24) is 4.90 Å². The summed E-state index contributed by atoms with van der Waals surface area (Å²) in [6.45, 7) is 5.31. The summed E-state index contributed by atoms with van der Waals surface area (Å²) in [6, 6.07) is 3.41. The minimum Gasteiger partial charge on any atom is -0.444 e. The lowest BCUT2D eigenvalue weighted by atomic mass is 9.93. The zero-order valence-electron chi connectivity index (χ0n) is 14.7. The highest BCUT2D eigenvalue weighted by atomic mass is 35.5. The maximum absolute atomic E-state index is 14.4. The molecule has 3 rings (SSSR count). The van der Waals surface area contributed by atoms with Crippen LogP contribution in [0.4, 0.5) is 9.18 Å². The van der Waals surface area contributed by atoms with Gasteiger partial charge in [-0.15, -0.1) is 0 Å². The summed E-state index contributed by atoms with van der Waals surface area (Å²) in [5.41, 5.74) is 7.67. The monoisotopic (exact) mass is 379 g/mol. The van der Waals surface area contributed by atoms with Crippen LogP contribution in [0.1, 0.15) is 32.8 Å². The number of piperidine rings is 1. The molecule has 0 bridgehead atoms. The summed E-state index contributed by atoms with van der Waals surface area (Å²) in [7, 11) is 0. The minimum atomic E-state index is -0.862. The van der Waals surface area contributed by atoms with Gasteiger partial charge in [0.25, 0.3) is 5.78 Å². The fourth-order valence-corrected chi connectivity index (χ4v) is 3.98. The number of carbonyl (C=O) groups is 2. The average molecular weight is 380 g/mol. The SMILES string of the molecule is CC(C)(C)OC(=O)N1C[C@@]2(c3cc(Cl)ccc3F)C[C@H]2C1C(=O)C=[N+]=[N-]. The van der Waals surface area contributed by atoms with E-state index in [4.69, 9.17) is 21.9 Å². The third kappa shape index (κ3) is 3.13. The van der Waals surface area contributed by atoms with Crippen LogP contribution in [0.2, 0.25) is 5.02 Å². The highest BCUT2D eigenvalue weighted by Crippen LogP contribution is 2.62. The van der Waals surface area contributed by atoms with Gasteiger partial charge in [0.1, 0.15) is 17.5 Å². The second-order valence-electron chi connectivity index (χ2n) is 7.79. The largest absolute Gasteiger partial charge is 0.444 e. The van der Waals surface area contributed by atoms with Crippen molar-refractivity contribution < 1.29 is 23.5 Å². The number of hydrogen-bond acceptors (Lipinski definition) is 3.